The van der Waals surface area contributed by atoms with Crippen molar-refractivity contribution < 1.29 is 9.21 Å². The highest BCUT2D eigenvalue weighted by molar-refractivity contribution is 5.95. The van der Waals surface area contributed by atoms with E-state index in [0.717, 1.165) is 72.2 Å². The number of nitrogens with zero attached hydrogens (tertiary/aromatic N) is 6. The van der Waals surface area contributed by atoms with E-state index in [-0.39, 0.29) is 17.6 Å². The molecule has 8 nitrogen and oxygen atoms in total. The Bertz CT molecular complexity index is 1420. The second-order valence-corrected chi connectivity index (χ2v) is 11.0. The van der Waals surface area contributed by atoms with Gasteiger partial charge < -0.3 is 14.2 Å². The summed E-state index contributed by atoms with van der Waals surface area (Å²) in [4.78, 5) is 22.3. The van der Waals surface area contributed by atoms with Gasteiger partial charge in [-0.25, -0.2) is 4.68 Å². The number of carbonyl (C=O) groups excluding carboxylic acids is 1. The summed E-state index contributed by atoms with van der Waals surface area (Å²) in [6.45, 7) is 15.6. The van der Waals surface area contributed by atoms with Gasteiger partial charge in [-0.1, -0.05) is 45.0 Å². The minimum atomic E-state index is -0.139. The molecule has 198 valence electrons. The molecule has 0 bridgehead atoms. The fourth-order valence-corrected chi connectivity index (χ4v) is 4.75. The minimum Gasteiger partial charge on any atom is -0.457 e. The van der Waals surface area contributed by atoms with Crippen LogP contribution in [0.3, 0.4) is 0 Å². The van der Waals surface area contributed by atoms with Gasteiger partial charge in [-0.3, -0.25) is 9.78 Å². The smallest absolute Gasteiger partial charge is 0.202 e. The Balaban J connectivity index is 1.33. The van der Waals surface area contributed by atoms with Crippen molar-refractivity contribution in [3.8, 4) is 16.9 Å². The highest BCUT2D eigenvalue weighted by Crippen LogP contribution is 2.26. The molecule has 0 aliphatic carbocycles. The lowest BCUT2D eigenvalue weighted by Gasteiger charge is -2.35. The van der Waals surface area contributed by atoms with Gasteiger partial charge in [0.25, 0.3) is 0 Å². The minimum absolute atomic E-state index is 0.0442. The number of likely N-dealkylation sites (N-methyl/N-ethyl adjacent to an activating group) is 1. The first-order chi connectivity index (χ1) is 18.2. The molecule has 1 saturated heterocycles. The number of aromatic nitrogens is 4. The summed E-state index contributed by atoms with van der Waals surface area (Å²) in [5.74, 6) is 1.16. The Morgan fingerprint density at radius 1 is 1.03 bits per heavy atom. The van der Waals surface area contributed by atoms with Crippen LogP contribution in [-0.4, -0.2) is 63.4 Å². The van der Waals surface area contributed by atoms with Gasteiger partial charge in [0.15, 0.2) is 5.76 Å². The summed E-state index contributed by atoms with van der Waals surface area (Å²) in [5, 5.41) is 8.85. The van der Waals surface area contributed by atoms with Crippen LogP contribution < -0.4 is 4.90 Å². The molecule has 1 fully saturated rings. The Morgan fingerprint density at radius 3 is 2.53 bits per heavy atom. The largest absolute Gasteiger partial charge is 0.457 e. The normalized spacial score (nSPS) is 14.7. The number of ketones is 1. The maximum absolute atomic E-state index is 12.9. The molecule has 0 saturated carbocycles. The van der Waals surface area contributed by atoms with E-state index >= 15 is 0 Å². The van der Waals surface area contributed by atoms with Crippen LogP contribution in [0.25, 0.3) is 16.9 Å². The van der Waals surface area contributed by atoms with E-state index in [0.29, 0.717) is 5.76 Å². The number of hydrogen-bond acceptors (Lipinski definition) is 7. The lowest BCUT2D eigenvalue weighted by atomic mass is 9.94. The van der Waals surface area contributed by atoms with Crippen LogP contribution in [0.2, 0.25) is 0 Å². The van der Waals surface area contributed by atoms with Crippen LogP contribution in [0.1, 0.15) is 55.1 Å². The van der Waals surface area contributed by atoms with Gasteiger partial charge in [-0.2, -0.15) is 0 Å². The van der Waals surface area contributed by atoms with E-state index in [1.165, 1.54) is 0 Å². The first-order valence-corrected chi connectivity index (χ1v) is 13.3. The second kappa shape index (κ2) is 10.5. The number of pyridine rings is 1. The van der Waals surface area contributed by atoms with E-state index in [1.807, 2.05) is 49.8 Å². The average Bonchev–Trinajstić information content (AvgIpc) is 3.61. The molecular formula is C30H36N6O2. The summed E-state index contributed by atoms with van der Waals surface area (Å²) in [5.41, 5.74) is 5.50. The van der Waals surface area contributed by atoms with Crippen molar-refractivity contribution in [2.45, 2.75) is 46.5 Å². The number of hydrogen-bond donors (Lipinski definition) is 0. The third-order valence-electron chi connectivity index (χ3n) is 7.20. The number of benzene rings is 1. The standard InChI is InChI=1S/C30H36N6O2/c1-6-34-11-13-35(14-12-34)24-17-23(18-31-19-24)25-20-36(33-32-25)26-15-22(8-7-21(26)2)16-27(37)28-9-10-29(38-28)30(3,4)5/h7-10,15,17-20H,6,11-14,16H2,1-5H3. The number of furan rings is 1. The third kappa shape index (κ3) is 5.55. The Kier molecular flexibility index (Phi) is 7.17. The lowest BCUT2D eigenvalue weighted by Crippen LogP contribution is -2.46. The van der Waals surface area contributed by atoms with Gasteiger partial charge in [0.2, 0.25) is 5.78 Å². The highest BCUT2D eigenvalue weighted by atomic mass is 16.3. The van der Waals surface area contributed by atoms with Crippen LogP contribution >= 0.6 is 0 Å². The van der Waals surface area contributed by atoms with Crippen LogP contribution in [-0.2, 0) is 11.8 Å². The Morgan fingerprint density at radius 2 is 1.82 bits per heavy atom. The monoisotopic (exact) mass is 512 g/mol. The van der Waals surface area contributed by atoms with E-state index in [1.54, 1.807) is 10.7 Å². The molecule has 1 aromatic carbocycles. The first-order valence-electron chi connectivity index (χ1n) is 13.3. The van der Waals surface area contributed by atoms with E-state index in [4.69, 9.17) is 4.42 Å². The van der Waals surface area contributed by atoms with E-state index < -0.39 is 0 Å². The molecule has 1 aliphatic heterocycles. The fourth-order valence-electron chi connectivity index (χ4n) is 4.75. The molecule has 4 aromatic rings. The fraction of sp³-hybridized carbons (Fsp3) is 0.400. The highest BCUT2D eigenvalue weighted by Gasteiger charge is 2.21. The molecule has 5 rings (SSSR count). The summed E-state index contributed by atoms with van der Waals surface area (Å²) < 4.78 is 7.62. The van der Waals surface area contributed by atoms with Crippen molar-refractivity contribution in [2.24, 2.45) is 0 Å². The topological polar surface area (TPSA) is 80.3 Å². The number of Topliss-reactive ketones (excluding diaryl/α,β-unsaturated/α-hetero) is 1. The molecule has 0 unspecified atom stereocenters. The molecule has 1 aliphatic rings. The predicted octanol–water partition coefficient (Wildman–Crippen LogP) is 5.10. The summed E-state index contributed by atoms with van der Waals surface area (Å²) in [7, 11) is 0. The quantitative estimate of drug-likeness (QED) is 0.319. The SMILES string of the molecule is CCN1CCN(c2cncc(-c3cn(-c4cc(CC(=O)c5ccc(C(C)(C)C)o5)ccc4C)nn3)c2)CC1. The molecule has 4 heterocycles. The van der Waals surface area contributed by atoms with Crippen molar-refractivity contribution in [1.29, 1.82) is 0 Å². The van der Waals surface area contributed by atoms with Crippen molar-refractivity contribution >= 4 is 11.5 Å². The zero-order chi connectivity index (χ0) is 26.9. The second-order valence-electron chi connectivity index (χ2n) is 11.0. The predicted molar refractivity (Wildman–Crippen MR) is 149 cm³/mol. The molecule has 0 atom stereocenters. The molecule has 3 aromatic heterocycles. The van der Waals surface area contributed by atoms with Crippen LogP contribution in [0, 0.1) is 6.92 Å². The Hall–Kier alpha value is -3.78. The number of piperazine rings is 1. The molecule has 8 heteroatoms. The van der Waals surface area contributed by atoms with E-state index in [2.05, 4.69) is 58.9 Å². The number of anilines is 1. The number of carbonyl (C=O) groups is 1. The molecular weight excluding hydrogens is 476 g/mol. The molecule has 0 radical (unpaired) electrons. The van der Waals surface area contributed by atoms with Crippen LogP contribution in [0.4, 0.5) is 5.69 Å². The molecule has 38 heavy (non-hydrogen) atoms. The molecule has 0 N–H and O–H groups in total. The van der Waals surface area contributed by atoms with Gasteiger partial charge in [0.05, 0.1) is 23.8 Å². The zero-order valence-corrected chi connectivity index (χ0v) is 22.9. The average molecular weight is 513 g/mol. The molecule has 0 amide bonds. The maximum atomic E-state index is 12.9. The van der Waals surface area contributed by atoms with Gasteiger partial charge in [0.1, 0.15) is 11.5 Å². The van der Waals surface area contributed by atoms with Gasteiger partial charge in [-0.15, -0.1) is 5.10 Å². The summed E-state index contributed by atoms with van der Waals surface area (Å²) in [6.07, 6.45) is 5.93. The van der Waals surface area contributed by atoms with Gasteiger partial charge in [0, 0.05) is 49.8 Å². The summed E-state index contributed by atoms with van der Waals surface area (Å²) >= 11 is 0. The van der Waals surface area contributed by atoms with Gasteiger partial charge >= 0.3 is 0 Å². The number of rotatable bonds is 7. The van der Waals surface area contributed by atoms with Crippen molar-refractivity contribution in [2.75, 3.05) is 37.6 Å². The summed E-state index contributed by atoms with van der Waals surface area (Å²) in [6, 6.07) is 11.8. The molecule has 0 spiro atoms. The third-order valence-corrected chi connectivity index (χ3v) is 7.20. The van der Waals surface area contributed by atoms with Crippen molar-refractivity contribution in [3.05, 3.63) is 77.6 Å². The van der Waals surface area contributed by atoms with E-state index in [9.17, 15) is 4.79 Å². The lowest BCUT2D eigenvalue weighted by molar-refractivity contribution is 0.0963. The van der Waals surface area contributed by atoms with Gasteiger partial charge in [-0.05, 0) is 48.9 Å². The zero-order valence-electron chi connectivity index (χ0n) is 22.9. The van der Waals surface area contributed by atoms with Crippen molar-refractivity contribution in [3.63, 3.8) is 0 Å². The maximum Gasteiger partial charge on any atom is 0.202 e. The number of aryl methyl sites for hydroxylation is 1. The Labute approximate surface area is 224 Å². The van der Waals surface area contributed by atoms with Crippen LogP contribution in [0.15, 0.2) is 59.4 Å². The first kappa shape index (κ1) is 25.9. The van der Waals surface area contributed by atoms with Crippen molar-refractivity contribution in [1.82, 2.24) is 24.9 Å². The van der Waals surface area contributed by atoms with Crippen LogP contribution in [0.5, 0.6) is 0 Å².